The molecule has 1 heterocycles. The van der Waals surface area contributed by atoms with Gasteiger partial charge in [0, 0.05) is 38.9 Å². The van der Waals surface area contributed by atoms with Crippen molar-refractivity contribution in [3.8, 4) is 0 Å². The van der Waals surface area contributed by atoms with Gasteiger partial charge in [0.1, 0.15) is 0 Å². The van der Waals surface area contributed by atoms with Crippen molar-refractivity contribution >= 4 is 5.97 Å². The second-order valence-corrected chi connectivity index (χ2v) is 3.88. The highest BCUT2D eigenvalue weighted by Gasteiger charge is 2.05. The van der Waals surface area contributed by atoms with E-state index in [-0.39, 0.29) is 23.6 Å². The smallest absolute Gasteiger partial charge is 0.330 e. The third-order valence-corrected chi connectivity index (χ3v) is 2.67. The molecule has 0 aromatic carbocycles. The average molecular weight is 255 g/mol. The summed E-state index contributed by atoms with van der Waals surface area (Å²) in [6, 6.07) is 1.40. The molecule has 0 saturated carbocycles. The summed E-state index contributed by atoms with van der Waals surface area (Å²) in [5.41, 5.74) is -0.136. The molecule has 0 aliphatic heterocycles. The van der Waals surface area contributed by atoms with Gasteiger partial charge < -0.3 is 10.1 Å². The standard InChI is InChI=1S/C11H17N3O4/c1-13-8(6-9(15)14(2)11(13)17)7-12-5-4-10(16)18-3/h6,12H,4-5,7H2,1-3H3. The molecule has 0 aliphatic carbocycles. The van der Waals surface area contributed by atoms with Gasteiger partial charge >= 0.3 is 11.7 Å². The highest BCUT2D eigenvalue weighted by Crippen LogP contribution is 1.90. The fourth-order valence-electron chi connectivity index (χ4n) is 1.46. The van der Waals surface area contributed by atoms with Gasteiger partial charge in [-0.2, -0.15) is 0 Å². The first-order chi connectivity index (χ1) is 8.47. The fraction of sp³-hybridized carbons (Fsp3) is 0.545. The Bertz CT molecular complexity index is 544. The van der Waals surface area contributed by atoms with E-state index in [2.05, 4.69) is 10.1 Å². The Hall–Kier alpha value is -1.89. The number of esters is 1. The summed E-state index contributed by atoms with van der Waals surface area (Å²) in [7, 11) is 4.35. The summed E-state index contributed by atoms with van der Waals surface area (Å²) in [5.74, 6) is -0.305. The Balaban J connectivity index is 2.67. The number of nitrogens with one attached hydrogen (secondary N) is 1. The molecule has 7 heteroatoms. The van der Waals surface area contributed by atoms with Gasteiger partial charge in [-0.15, -0.1) is 0 Å². The van der Waals surface area contributed by atoms with Crippen LogP contribution in [0.1, 0.15) is 12.1 Å². The molecule has 0 radical (unpaired) electrons. The zero-order chi connectivity index (χ0) is 13.7. The van der Waals surface area contributed by atoms with Crippen molar-refractivity contribution in [2.24, 2.45) is 14.1 Å². The van der Waals surface area contributed by atoms with Gasteiger partial charge in [-0.3, -0.25) is 18.7 Å². The van der Waals surface area contributed by atoms with Crippen LogP contribution in [0.4, 0.5) is 0 Å². The molecular weight excluding hydrogens is 238 g/mol. The van der Waals surface area contributed by atoms with Crippen molar-refractivity contribution in [3.63, 3.8) is 0 Å². The van der Waals surface area contributed by atoms with Crippen LogP contribution in [-0.2, 0) is 30.2 Å². The number of nitrogens with zero attached hydrogens (tertiary/aromatic N) is 2. The normalized spacial score (nSPS) is 10.4. The molecule has 1 rings (SSSR count). The van der Waals surface area contributed by atoms with E-state index in [0.29, 0.717) is 18.8 Å². The Morgan fingerprint density at radius 1 is 1.33 bits per heavy atom. The third-order valence-electron chi connectivity index (χ3n) is 2.67. The molecule has 1 N–H and O–H groups in total. The Morgan fingerprint density at radius 2 is 2.00 bits per heavy atom. The van der Waals surface area contributed by atoms with Crippen molar-refractivity contribution in [1.29, 1.82) is 0 Å². The van der Waals surface area contributed by atoms with Gasteiger partial charge in [-0.25, -0.2) is 4.79 Å². The minimum atomic E-state index is -0.368. The number of hydrogen-bond donors (Lipinski definition) is 1. The van der Waals surface area contributed by atoms with Crippen LogP contribution in [0.2, 0.25) is 0 Å². The number of hydrogen-bond acceptors (Lipinski definition) is 5. The highest BCUT2D eigenvalue weighted by atomic mass is 16.5. The molecule has 0 bridgehead atoms. The largest absolute Gasteiger partial charge is 0.469 e. The Kier molecular flexibility index (Phi) is 4.85. The maximum atomic E-state index is 11.6. The zero-order valence-corrected chi connectivity index (χ0v) is 10.7. The first-order valence-corrected chi connectivity index (χ1v) is 5.51. The molecule has 1 aromatic rings. The Morgan fingerprint density at radius 3 is 2.61 bits per heavy atom. The van der Waals surface area contributed by atoms with Crippen LogP contribution in [0.15, 0.2) is 15.7 Å². The van der Waals surface area contributed by atoms with Crippen LogP contribution in [0, 0.1) is 0 Å². The highest BCUT2D eigenvalue weighted by molar-refractivity contribution is 5.69. The molecule has 7 nitrogen and oxygen atoms in total. The van der Waals surface area contributed by atoms with E-state index in [9.17, 15) is 14.4 Å². The number of carbonyl (C=O) groups is 1. The molecule has 0 aliphatic rings. The van der Waals surface area contributed by atoms with Crippen molar-refractivity contribution in [3.05, 3.63) is 32.6 Å². The van der Waals surface area contributed by atoms with Crippen molar-refractivity contribution in [1.82, 2.24) is 14.5 Å². The van der Waals surface area contributed by atoms with Crippen molar-refractivity contribution in [2.45, 2.75) is 13.0 Å². The van der Waals surface area contributed by atoms with Gasteiger partial charge in [0.15, 0.2) is 0 Å². The second kappa shape index (κ2) is 6.15. The molecule has 0 fully saturated rings. The molecular formula is C11H17N3O4. The number of methoxy groups -OCH3 is 1. The molecule has 18 heavy (non-hydrogen) atoms. The van der Waals surface area contributed by atoms with E-state index >= 15 is 0 Å². The molecule has 0 unspecified atom stereocenters. The number of rotatable bonds is 5. The van der Waals surface area contributed by atoms with Gasteiger partial charge in [-0.1, -0.05) is 0 Å². The number of ether oxygens (including phenoxy) is 1. The summed E-state index contributed by atoms with van der Waals surface area (Å²) in [6.07, 6.45) is 0.245. The fourth-order valence-corrected chi connectivity index (χ4v) is 1.46. The lowest BCUT2D eigenvalue weighted by molar-refractivity contribution is -0.140. The summed E-state index contributed by atoms with van der Waals surface area (Å²) in [6.45, 7) is 0.773. The van der Waals surface area contributed by atoms with Crippen molar-refractivity contribution in [2.75, 3.05) is 13.7 Å². The van der Waals surface area contributed by atoms with E-state index in [1.807, 2.05) is 0 Å². The summed E-state index contributed by atoms with van der Waals surface area (Å²) in [4.78, 5) is 33.9. The average Bonchev–Trinajstić information content (AvgIpc) is 2.37. The maximum absolute atomic E-state index is 11.6. The monoisotopic (exact) mass is 255 g/mol. The zero-order valence-electron chi connectivity index (χ0n) is 10.7. The van der Waals surface area contributed by atoms with Gasteiger partial charge in [0.25, 0.3) is 5.56 Å². The van der Waals surface area contributed by atoms with E-state index < -0.39 is 0 Å². The summed E-state index contributed by atoms with van der Waals surface area (Å²) >= 11 is 0. The SMILES string of the molecule is COC(=O)CCNCc1cc(=O)n(C)c(=O)n1C. The topological polar surface area (TPSA) is 82.3 Å². The summed E-state index contributed by atoms with van der Waals surface area (Å²) in [5, 5.41) is 2.97. The van der Waals surface area contributed by atoms with E-state index in [1.165, 1.54) is 24.8 Å². The van der Waals surface area contributed by atoms with Crippen LogP contribution < -0.4 is 16.6 Å². The van der Waals surface area contributed by atoms with Gasteiger partial charge in [0.2, 0.25) is 0 Å². The lowest BCUT2D eigenvalue weighted by atomic mass is 10.3. The van der Waals surface area contributed by atoms with E-state index in [0.717, 1.165) is 4.57 Å². The second-order valence-electron chi connectivity index (χ2n) is 3.88. The minimum absolute atomic E-state index is 0.245. The molecule has 0 spiro atoms. The molecule has 100 valence electrons. The number of carbonyl (C=O) groups excluding carboxylic acids is 1. The Labute approximate surface area is 104 Å². The van der Waals surface area contributed by atoms with Crippen LogP contribution in [-0.4, -0.2) is 28.8 Å². The van der Waals surface area contributed by atoms with Crippen LogP contribution in [0.25, 0.3) is 0 Å². The first-order valence-electron chi connectivity index (χ1n) is 5.51. The summed E-state index contributed by atoms with van der Waals surface area (Å²) < 4.78 is 6.93. The van der Waals surface area contributed by atoms with Gasteiger partial charge in [-0.05, 0) is 0 Å². The van der Waals surface area contributed by atoms with Crippen molar-refractivity contribution < 1.29 is 9.53 Å². The number of aromatic nitrogens is 2. The quantitative estimate of drug-likeness (QED) is 0.524. The predicted molar refractivity (Wildman–Crippen MR) is 65.3 cm³/mol. The van der Waals surface area contributed by atoms with Crippen LogP contribution in [0.5, 0.6) is 0 Å². The molecule has 0 saturated heterocycles. The van der Waals surface area contributed by atoms with Crippen LogP contribution in [0.3, 0.4) is 0 Å². The predicted octanol–water partition coefficient (Wildman–Crippen LogP) is -1.26. The lowest BCUT2D eigenvalue weighted by Crippen LogP contribution is -2.39. The molecule has 0 amide bonds. The maximum Gasteiger partial charge on any atom is 0.330 e. The van der Waals surface area contributed by atoms with E-state index in [1.54, 1.807) is 7.05 Å². The van der Waals surface area contributed by atoms with E-state index in [4.69, 9.17) is 0 Å². The third kappa shape index (κ3) is 3.30. The lowest BCUT2D eigenvalue weighted by Gasteiger charge is -2.10. The molecule has 0 atom stereocenters. The minimum Gasteiger partial charge on any atom is -0.469 e. The molecule has 1 aromatic heterocycles. The first kappa shape index (κ1) is 14.2. The van der Waals surface area contributed by atoms with Crippen LogP contribution >= 0.6 is 0 Å². The van der Waals surface area contributed by atoms with Gasteiger partial charge in [0.05, 0.1) is 13.5 Å².